The number of rotatable bonds is 3. The molecule has 0 saturated carbocycles. The molecule has 2 atom stereocenters. The molecule has 0 saturated heterocycles. The monoisotopic (exact) mass is 236 g/mol. The highest BCUT2D eigenvalue weighted by Gasteiger charge is 2.19. The quantitative estimate of drug-likeness (QED) is 0.805. The first kappa shape index (κ1) is 11.2. The Bertz CT molecular complexity index is 448. The number of benzene rings is 1. The normalized spacial score (nSPS) is 21.3. The van der Waals surface area contributed by atoms with Crippen LogP contribution >= 0.6 is 0 Å². The van der Waals surface area contributed by atoms with Crippen LogP contribution in [0.4, 0.5) is 0 Å². The Morgan fingerprint density at radius 2 is 2.00 bits per heavy atom. The molecule has 0 aliphatic heterocycles. The van der Waals surface area contributed by atoms with Gasteiger partial charge in [-0.2, -0.15) is 0 Å². The van der Waals surface area contributed by atoms with E-state index in [4.69, 9.17) is 4.18 Å². The lowest BCUT2D eigenvalue weighted by Crippen LogP contribution is -2.11. The van der Waals surface area contributed by atoms with Crippen molar-refractivity contribution in [3.05, 3.63) is 42.0 Å². The number of carbonyl (C=O) groups excluding carboxylic acids is 1. The number of aryl methyl sites for hydroxylation is 1. The highest BCUT2D eigenvalue weighted by Crippen LogP contribution is 2.16. The molecular formula is C12H12O3S. The van der Waals surface area contributed by atoms with Crippen LogP contribution in [-0.4, -0.2) is 16.1 Å². The number of allylic oxidation sites excluding steroid dienone is 1. The second-order valence-corrected chi connectivity index (χ2v) is 4.85. The van der Waals surface area contributed by atoms with E-state index in [1.807, 2.05) is 19.1 Å². The summed E-state index contributed by atoms with van der Waals surface area (Å²) in [7, 11) is 0. The van der Waals surface area contributed by atoms with Crippen LogP contribution in [0.3, 0.4) is 0 Å². The number of hydrogen-bond acceptors (Lipinski definition) is 3. The fourth-order valence-electron chi connectivity index (χ4n) is 1.43. The summed E-state index contributed by atoms with van der Waals surface area (Å²) in [6.45, 7) is 1.96. The van der Waals surface area contributed by atoms with Crippen LogP contribution in [0.15, 0.2) is 41.3 Å². The third-order valence-corrected chi connectivity index (χ3v) is 3.40. The van der Waals surface area contributed by atoms with E-state index < -0.39 is 11.1 Å². The maximum Gasteiger partial charge on any atom is 0.189 e. The van der Waals surface area contributed by atoms with Crippen LogP contribution < -0.4 is 0 Å². The third-order valence-electron chi connectivity index (χ3n) is 2.32. The predicted octanol–water partition coefficient (Wildman–Crippen LogP) is 1.93. The van der Waals surface area contributed by atoms with Crippen LogP contribution in [-0.2, 0) is 20.1 Å². The van der Waals surface area contributed by atoms with Crippen LogP contribution in [0.2, 0.25) is 0 Å². The Hall–Kier alpha value is -1.26. The van der Waals surface area contributed by atoms with Gasteiger partial charge in [0.2, 0.25) is 0 Å². The highest BCUT2D eigenvalue weighted by atomic mass is 32.2. The molecule has 0 amide bonds. The fraction of sp³-hybridized carbons (Fsp3) is 0.250. The van der Waals surface area contributed by atoms with Crippen molar-refractivity contribution < 1.29 is 13.2 Å². The summed E-state index contributed by atoms with van der Waals surface area (Å²) < 4.78 is 17.0. The number of ketones is 1. The van der Waals surface area contributed by atoms with Gasteiger partial charge in [0.1, 0.15) is 6.10 Å². The van der Waals surface area contributed by atoms with E-state index in [0.29, 0.717) is 4.90 Å². The summed E-state index contributed by atoms with van der Waals surface area (Å²) in [6, 6.07) is 7.30. The average molecular weight is 236 g/mol. The van der Waals surface area contributed by atoms with Crippen LogP contribution in [0, 0.1) is 6.92 Å². The zero-order valence-electron chi connectivity index (χ0n) is 8.88. The van der Waals surface area contributed by atoms with Crippen LogP contribution in [0.5, 0.6) is 0 Å². The van der Waals surface area contributed by atoms with Crippen LogP contribution in [0.25, 0.3) is 0 Å². The van der Waals surface area contributed by atoms with Crippen LogP contribution in [0.1, 0.15) is 12.0 Å². The first-order valence-corrected chi connectivity index (χ1v) is 6.09. The lowest BCUT2D eigenvalue weighted by Gasteiger charge is -2.07. The molecule has 0 radical (unpaired) electrons. The predicted molar refractivity (Wildman–Crippen MR) is 61.2 cm³/mol. The van der Waals surface area contributed by atoms with Gasteiger partial charge in [-0.3, -0.25) is 8.98 Å². The van der Waals surface area contributed by atoms with Crippen molar-refractivity contribution in [2.75, 3.05) is 0 Å². The van der Waals surface area contributed by atoms with Crippen molar-refractivity contribution in [3.63, 3.8) is 0 Å². The molecule has 0 spiro atoms. The van der Waals surface area contributed by atoms with E-state index in [2.05, 4.69) is 0 Å². The Morgan fingerprint density at radius 1 is 1.31 bits per heavy atom. The van der Waals surface area contributed by atoms with E-state index >= 15 is 0 Å². The van der Waals surface area contributed by atoms with Crippen molar-refractivity contribution in [2.24, 2.45) is 0 Å². The summed E-state index contributed by atoms with van der Waals surface area (Å²) >= 11 is -1.50. The van der Waals surface area contributed by atoms with Crippen molar-refractivity contribution in [3.8, 4) is 0 Å². The fourth-order valence-corrected chi connectivity index (χ4v) is 2.26. The molecule has 0 fully saturated rings. The summed E-state index contributed by atoms with van der Waals surface area (Å²) in [5, 5.41) is 0. The maximum atomic E-state index is 11.8. The zero-order valence-corrected chi connectivity index (χ0v) is 9.70. The molecule has 2 unspecified atom stereocenters. The molecule has 3 nitrogen and oxygen atoms in total. The second kappa shape index (κ2) is 4.72. The first-order chi connectivity index (χ1) is 7.65. The summed E-state index contributed by atoms with van der Waals surface area (Å²) in [6.07, 6.45) is 3.05. The van der Waals surface area contributed by atoms with Gasteiger partial charge < -0.3 is 0 Å². The Morgan fingerprint density at radius 3 is 2.56 bits per heavy atom. The molecule has 1 aromatic rings. The molecular weight excluding hydrogens is 224 g/mol. The van der Waals surface area contributed by atoms with Gasteiger partial charge in [-0.25, -0.2) is 4.21 Å². The average Bonchev–Trinajstić information content (AvgIpc) is 2.65. The van der Waals surface area contributed by atoms with E-state index in [9.17, 15) is 9.00 Å². The van der Waals surface area contributed by atoms with Crippen molar-refractivity contribution in [1.82, 2.24) is 0 Å². The van der Waals surface area contributed by atoms with Gasteiger partial charge in [0.05, 0.1) is 4.90 Å². The maximum absolute atomic E-state index is 11.8. The molecule has 1 aromatic carbocycles. The molecule has 16 heavy (non-hydrogen) atoms. The van der Waals surface area contributed by atoms with Crippen molar-refractivity contribution >= 4 is 16.9 Å². The summed E-state index contributed by atoms with van der Waals surface area (Å²) in [5.41, 5.74) is 1.11. The smallest absolute Gasteiger partial charge is 0.189 e. The second-order valence-electron chi connectivity index (χ2n) is 3.71. The molecule has 4 heteroatoms. The topological polar surface area (TPSA) is 43.4 Å². The Kier molecular flexibility index (Phi) is 3.31. The van der Waals surface area contributed by atoms with Gasteiger partial charge in [0, 0.05) is 6.42 Å². The molecule has 0 aromatic heterocycles. The van der Waals surface area contributed by atoms with Gasteiger partial charge in [-0.1, -0.05) is 23.8 Å². The largest absolute Gasteiger partial charge is 0.295 e. The van der Waals surface area contributed by atoms with E-state index in [1.165, 1.54) is 6.08 Å². The van der Waals surface area contributed by atoms with Crippen molar-refractivity contribution in [2.45, 2.75) is 24.3 Å². The van der Waals surface area contributed by atoms with Gasteiger partial charge in [0.25, 0.3) is 0 Å². The van der Waals surface area contributed by atoms with Gasteiger partial charge >= 0.3 is 0 Å². The SMILES string of the molecule is Cc1ccc(S(=O)OC2C=CC(=O)C2)cc1. The lowest BCUT2D eigenvalue weighted by molar-refractivity contribution is -0.114. The van der Waals surface area contributed by atoms with Gasteiger partial charge in [0.15, 0.2) is 16.9 Å². The minimum atomic E-state index is -1.50. The van der Waals surface area contributed by atoms with E-state index in [1.54, 1.807) is 18.2 Å². The van der Waals surface area contributed by atoms with Crippen molar-refractivity contribution in [1.29, 1.82) is 0 Å². The highest BCUT2D eigenvalue weighted by molar-refractivity contribution is 7.80. The molecule has 0 N–H and O–H groups in total. The van der Waals surface area contributed by atoms with Gasteiger partial charge in [-0.05, 0) is 25.1 Å². The van der Waals surface area contributed by atoms with E-state index in [-0.39, 0.29) is 18.3 Å². The third kappa shape index (κ3) is 2.65. The zero-order chi connectivity index (χ0) is 11.5. The minimum absolute atomic E-state index is 0.0194. The summed E-state index contributed by atoms with van der Waals surface area (Å²) in [4.78, 5) is 11.6. The minimum Gasteiger partial charge on any atom is -0.295 e. The molecule has 0 bridgehead atoms. The van der Waals surface area contributed by atoms with E-state index in [0.717, 1.165) is 5.56 Å². The molecule has 1 aliphatic carbocycles. The molecule has 2 rings (SSSR count). The molecule has 84 valence electrons. The number of carbonyl (C=O) groups is 1. The molecule has 0 heterocycles. The Labute approximate surface area is 96.8 Å². The summed E-state index contributed by atoms with van der Waals surface area (Å²) in [5.74, 6) is 0.0194. The standard InChI is InChI=1S/C12H12O3S/c1-9-2-6-12(7-3-9)16(14)15-11-5-4-10(13)8-11/h2-7,11H,8H2,1H3. The lowest BCUT2D eigenvalue weighted by atomic mass is 10.2. The molecule has 1 aliphatic rings. The first-order valence-electron chi connectivity index (χ1n) is 5.02. The Balaban J connectivity index is 2.01. The number of hydrogen-bond donors (Lipinski definition) is 0. The van der Waals surface area contributed by atoms with Gasteiger partial charge in [-0.15, -0.1) is 0 Å².